The number of fused-ring (bicyclic) bond motifs is 5. The number of allylic oxidation sites excluding steroid dienone is 1. The van der Waals surface area contributed by atoms with E-state index in [0.717, 1.165) is 32.5 Å². The predicted octanol–water partition coefficient (Wildman–Crippen LogP) is 5.97. The van der Waals surface area contributed by atoms with Crippen LogP contribution in [0.15, 0.2) is 81.5 Å². The van der Waals surface area contributed by atoms with Gasteiger partial charge in [0, 0.05) is 52.7 Å². The van der Waals surface area contributed by atoms with Gasteiger partial charge in [0.25, 0.3) is 0 Å². The van der Waals surface area contributed by atoms with Gasteiger partial charge in [0.05, 0.1) is 23.2 Å². The third-order valence-electron chi connectivity index (χ3n) is 7.85. The van der Waals surface area contributed by atoms with Crippen molar-refractivity contribution in [1.29, 1.82) is 0 Å². The first kappa shape index (κ1) is 25.5. The number of nitrogens with zero attached hydrogens (tertiary/aromatic N) is 4. The average molecular weight is 584 g/mol. The maximum absolute atomic E-state index is 16.8. The van der Waals surface area contributed by atoms with Crippen molar-refractivity contribution in [1.82, 2.24) is 18.9 Å². The van der Waals surface area contributed by atoms with Crippen LogP contribution in [-0.4, -0.2) is 21.4 Å². The van der Waals surface area contributed by atoms with E-state index in [9.17, 15) is 13.2 Å². The van der Waals surface area contributed by atoms with Crippen molar-refractivity contribution in [3.05, 3.63) is 124 Å². The standard InChI is InChI=1S/C31H18BF5N4O2/c1-15-3-5-17(13-38-15)26-9-22-28(42-26)11-24-30(19-7-20(33)31(35)21(34)8-19)25-12-29-23(41(25)32(36,37)40(22)24)10-27(43-29)18-6-4-16(2)39-14-18/h3-14H,1-2H3. The summed E-state index contributed by atoms with van der Waals surface area (Å²) in [6.45, 7) is -0.955. The predicted molar refractivity (Wildman–Crippen MR) is 150 cm³/mol. The summed E-state index contributed by atoms with van der Waals surface area (Å²) in [6.07, 6.45) is 4.55. The third kappa shape index (κ3) is 3.62. The highest BCUT2D eigenvalue weighted by Crippen LogP contribution is 2.43. The molecule has 6 nitrogen and oxygen atoms in total. The molecule has 0 saturated carbocycles. The molecule has 5 aromatic heterocycles. The SMILES string of the molecule is Cc1ccc(-c2cc3c(o2)=CC2=C(c4cc(F)c(F)c(F)c4)c4cc5oc(-c6ccc(C)nc6)cc5n4[B-](F)(F)[N+]=32)cn1. The van der Waals surface area contributed by atoms with Crippen LogP contribution in [0.2, 0.25) is 0 Å². The van der Waals surface area contributed by atoms with Crippen LogP contribution in [0.1, 0.15) is 22.6 Å². The minimum Gasteiger partial charge on any atom is -0.454 e. The Morgan fingerprint density at radius 1 is 0.767 bits per heavy atom. The Kier molecular flexibility index (Phi) is 5.11. The maximum atomic E-state index is 16.8. The summed E-state index contributed by atoms with van der Waals surface area (Å²) in [7, 11) is 0. The van der Waals surface area contributed by atoms with Crippen LogP contribution < -0.4 is 15.3 Å². The van der Waals surface area contributed by atoms with Gasteiger partial charge in [0.15, 0.2) is 28.6 Å². The topological polar surface area (TPSA) is 60.0 Å². The van der Waals surface area contributed by atoms with E-state index in [1.165, 1.54) is 24.3 Å². The molecule has 2 aliphatic heterocycles. The first-order chi connectivity index (χ1) is 20.6. The molecule has 12 heteroatoms. The summed E-state index contributed by atoms with van der Waals surface area (Å²) in [5.74, 6) is -3.91. The molecule has 1 aromatic carbocycles. The van der Waals surface area contributed by atoms with Gasteiger partial charge < -0.3 is 26.4 Å². The molecule has 0 radical (unpaired) electrons. The van der Waals surface area contributed by atoms with Crippen molar-refractivity contribution >= 4 is 29.7 Å². The number of halogens is 5. The molecule has 0 aliphatic carbocycles. The number of aromatic nitrogens is 3. The lowest BCUT2D eigenvalue weighted by molar-refractivity contribution is 0.446. The monoisotopic (exact) mass is 584 g/mol. The van der Waals surface area contributed by atoms with Crippen LogP contribution >= 0.6 is 0 Å². The van der Waals surface area contributed by atoms with E-state index in [-0.39, 0.29) is 44.4 Å². The van der Waals surface area contributed by atoms with Crippen molar-refractivity contribution in [2.75, 3.05) is 0 Å². The van der Waals surface area contributed by atoms with Crippen molar-refractivity contribution in [3.63, 3.8) is 0 Å². The van der Waals surface area contributed by atoms with Crippen LogP contribution in [0.3, 0.4) is 0 Å². The Morgan fingerprint density at radius 3 is 2.00 bits per heavy atom. The summed E-state index contributed by atoms with van der Waals surface area (Å²) in [4.78, 5) is 8.51. The minimum atomic E-state index is -4.60. The lowest BCUT2D eigenvalue weighted by Crippen LogP contribution is -2.56. The van der Waals surface area contributed by atoms with Gasteiger partial charge in [-0.15, -0.1) is 0 Å². The second-order valence-corrected chi connectivity index (χ2v) is 10.6. The molecule has 0 amide bonds. The molecule has 2 aliphatic rings. The van der Waals surface area contributed by atoms with Crippen molar-refractivity contribution in [2.45, 2.75) is 13.8 Å². The van der Waals surface area contributed by atoms with E-state index in [1.54, 1.807) is 36.7 Å². The number of hydrogen-bond acceptors (Lipinski definition) is 4. The molecule has 7 heterocycles. The van der Waals surface area contributed by atoms with Gasteiger partial charge in [0.1, 0.15) is 17.1 Å². The largest absolute Gasteiger partial charge is 0.738 e. The van der Waals surface area contributed by atoms with Gasteiger partial charge in [-0.3, -0.25) is 9.97 Å². The summed E-state index contributed by atoms with van der Waals surface area (Å²) < 4.78 is 90.2. The normalized spacial score (nSPS) is 15.1. The Balaban J connectivity index is 1.42. The lowest BCUT2D eigenvalue weighted by atomic mass is 9.86. The molecule has 0 fully saturated rings. The van der Waals surface area contributed by atoms with Gasteiger partial charge in [-0.05, 0) is 55.8 Å². The van der Waals surface area contributed by atoms with E-state index >= 15 is 8.63 Å². The Labute approximate surface area is 239 Å². The summed E-state index contributed by atoms with van der Waals surface area (Å²) in [5, 5.41) is 0.0649. The Bertz CT molecular complexity index is 2290. The smallest absolute Gasteiger partial charge is 0.454 e. The first-order valence-corrected chi connectivity index (χ1v) is 13.3. The number of hydrogen-bond donors (Lipinski definition) is 0. The van der Waals surface area contributed by atoms with Crippen molar-refractivity contribution in [2.24, 2.45) is 0 Å². The molecule has 0 spiro atoms. The highest BCUT2D eigenvalue weighted by Gasteiger charge is 2.54. The minimum absolute atomic E-state index is 0.0478. The second-order valence-electron chi connectivity index (χ2n) is 10.6. The number of benzene rings is 1. The zero-order valence-electron chi connectivity index (χ0n) is 22.5. The Morgan fingerprint density at radius 2 is 1.40 bits per heavy atom. The molecular weight excluding hydrogens is 566 g/mol. The van der Waals surface area contributed by atoms with E-state index in [2.05, 4.69) is 9.97 Å². The van der Waals surface area contributed by atoms with Crippen molar-refractivity contribution in [3.8, 4) is 22.6 Å². The average Bonchev–Trinajstić information content (AvgIpc) is 3.71. The number of furan rings is 2. The van der Waals surface area contributed by atoms with E-state index in [4.69, 9.17) is 8.83 Å². The fourth-order valence-corrected chi connectivity index (χ4v) is 5.83. The highest BCUT2D eigenvalue weighted by atomic mass is 19.2. The zero-order valence-corrected chi connectivity index (χ0v) is 22.5. The maximum Gasteiger partial charge on any atom is 0.738 e. The van der Waals surface area contributed by atoms with Crippen LogP contribution in [0.5, 0.6) is 0 Å². The molecule has 0 atom stereocenters. The van der Waals surface area contributed by atoms with Crippen LogP contribution in [0.4, 0.5) is 21.8 Å². The number of aryl methyl sites for hydroxylation is 2. The molecule has 0 N–H and O–H groups in total. The van der Waals surface area contributed by atoms with Gasteiger partial charge in [0.2, 0.25) is 5.36 Å². The van der Waals surface area contributed by atoms with Gasteiger partial charge in [-0.2, -0.15) is 0 Å². The van der Waals surface area contributed by atoms with E-state index < -0.39 is 24.4 Å². The number of rotatable bonds is 3. The summed E-state index contributed by atoms with van der Waals surface area (Å²) >= 11 is 0. The highest BCUT2D eigenvalue weighted by molar-refractivity contribution is 6.65. The lowest BCUT2D eigenvalue weighted by Gasteiger charge is -2.31. The Hall–Kier alpha value is -5.26. The van der Waals surface area contributed by atoms with Crippen LogP contribution in [0.25, 0.3) is 45.4 Å². The fourth-order valence-electron chi connectivity index (χ4n) is 5.83. The van der Waals surface area contributed by atoms with Gasteiger partial charge in [-0.1, -0.05) is 0 Å². The zero-order chi connectivity index (χ0) is 29.8. The quantitative estimate of drug-likeness (QED) is 0.146. The molecule has 0 unspecified atom stereocenters. The molecule has 8 rings (SSSR count). The fraction of sp³-hybridized carbons (Fsp3) is 0.0645. The second kappa shape index (κ2) is 8.63. The molecule has 43 heavy (non-hydrogen) atoms. The first-order valence-electron chi connectivity index (χ1n) is 13.3. The molecule has 212 valence electrons. The summed E-state index contributed by atoms with van der Waals surface area (Å²) in [5.41, 5.74) is 2.89. The van der Waals surface area contributed by atoms with E-state index in [0.29, 0.717) is 22.6 Å². The van der Waals surface area contributed by atoms with Gasteiger partial charge >= 0.3 is 6.97 Å². The third-order valence-corrected chi connectivity index (χ3v) is 7.85. The summed E-state index contributed by atoms with van der Waals surface area (Å²) in [6, 6.07) is 13.0. The van der Waals surface area contributed by atoms with E-state index in [1.807, 2.05) is 13.8 Å². The van der Waals surface area contributed by atoms with Crippen molar-refractivity contribution < 1.29 is 30.6 Å². The molecule has 0 bridgehead atoms. The van der Waals surface area contributed by atoms with Crippen LogP contribution in [-0.2, 0) is 0 Å². The van der Waals surface area contributed by atoms with Crippen LogP contribution in [0, 0.1) is 31.3 Å². The molecular formula is C31H18BF5N4O2. The molecule has 6 aromatic rings. The number of pyridine rings is 2. The van der Waals surface area contributed by atoms with Gasteiger partial charge in [-0.25, -0.2) is 13.2 Å². The molecule has 0 saturated heterocycles.